The third kappa shape index (κ3) is 3.21. The predicted molar refractivity (Wildman–Crippen MR) is 75.7 cm³/mol. The minimum atomic E-state index is -3.80. The minimum Gasteiger partial charge on any atom is -0.465 e. The Morgan fingerprint density at radius 3 is 2.76 bits per heavy atom. The van der Waals surface area contributed by atoms with E-state index in [-0.39, 0.29) is 6.61 Å². The minimum absolute atomic E-state index is 0.227. The van der Waals surface area contributed by atoms with Gasteiger partial charge in [0.1, 0.15) is 6.04 Å². The molecule has 0 bridgehead atoms. The van der Waals surface area contributed by atoms with Crippen molar-refractivity contribution in [3.05, 3.63) is 0 Å². The lowest BCUT2D eigenvalue weighted by atomic mass is 10.2. The lowest BCUT2D eigenvalue weighted by Gasteiger charge is -2.31. The molecule has 2 heterocycles. The Morgan fingerprint density at radius 1 is 1.48 bits per heavy atom. The van der Waals surface area contributed by atoms with E-state index < -0.39 is 34.4 Å². The predicted octanol–water partition coefficient (Wildman–Crippen LogP) is -1.48. The maximum absolute atomic E-state index is 12.7. The van der Waals surface area contributed by atoms with Gasteiger partial charge in [0.05, 0.1) is 18.8 Å². The molecular formula is C12H23N3O5S. The Bertz CT molecular complexity index is 483. The molecule has 122 valence electrons. The number of aliphatic hydroxyl groups is 1. The van der Waals surface area contributed by atoms with Crippen LogP contribution in [0.5, 0.6) is 0 Å². The summed E-state index contributed by atoms with van der Waals surface area (Å²) in [4.78, 5) is 11.9. The Labute approximate surface area is 125 Å². The number of rotatable bonds is 5. The van der Waals surface area contributed by atoms with Crippen LogP contribution in [0, 0.1) is 0 Å². The summed E-state index contributed by atoms with van der Waals surface area (Å²) in [6.45, 7) is 2.98. The molecule has 0 aromatic heterocycles. The van der Waals surface area contributed by atoms with E-state index in [0.29, 0.717) is 32.5 Å². The third-order valence-corrected chi connectivity index (χ3v) is 6.07. The van der Waals surface area contributed by atoms with Gasteiger partial charge in [0.2, 0.25) is 0 Å². The summed E-state index contributed by atoms with van der Waals surface area (Å²) >= 11 is 0. The van der Waals surface area contributed by atoms with Gasteiger partial charge in [0.15, 0.2) is 0 Å². The first-order valence-corrected chi connectivity index (χ1v) is 8.59. The molecule has 1 unspecified atom stereocenters. The van der Waals surface area contributed by atoms with Gasteiger partial charge in [-0.05, 0) is 19.8 Å². The highest BCUT2D eigenvalue weighted by Crippen LogP contribution is 2.25. The van der Waals surface area contributed by atoms with Crippen molar-refractivity contribution in [1.82, 2.24) is 13.9 Å². The summed E-state index contributed by atoms with van der Waals surface area (Å²) in [5, 5.41) is 12.8. The van der Waals surface area contributed by atoms with Crippen LogP contribution in [0.4, 0.5) is 0 Å². The number of aliphatic hydroxyl groups excluding tert-OH is 1. The quantitative estimate of drug-likeness (QED) is 0.600. The van der Waals surface area contributed by atoms with Gasteiger partial charge in [0.25, 0.3) is 10.2 Å². The van der Waals surface area contributed by atoms with Crippen LogP contribution < -0.4 is 5.32 Å². The first kappa shape index (κ1) is 16.6. The topological polar surface area (TPSA) is 99.2 Å². The fourth-order valence-corrected chi connectivity index (χ4v) is 4.61. The first-order valence-electron chi connectivity index (χ1n) is 7.19. The number of β-amino-alcohol motifs (C(OH)–C–C–N with tert-alkyl or cyclic N) is 1. The fourth-order valence-electron chi connectivity index (χ4n) is 2.85. The van der Waals surface area contributed by atoms with Crippen LogP contribution >= 0.6 is 0 Å². The maximum atomic E-state index is 12.7. The lowest BCUT2D eigenvalue weighted by molar-refractivity contribution is -0.146. The van der Waals surface area contributed by atoms with Gasteiger partial charge < -0.3 is 15.2 Å². The highest BCUT2D eigenvalue weighted by Gasteiger charge is 2.44. The van der Waals surface area contributed by atoms with E-state index in [1.54, 1.807) is 6.92 Å². The second-order valence-corrected chi connectivity index (χ2v) is 7.28. The van der Waals surface area contributed by atoms with Gasteiger partial charge in [0, 0.05) is 26.7 Å². The summed E-state index contributed by atoms with van der Waals surface area (Å²) in [7, 11) is -2.36. The largest absolute Gasteiger partial charge is 0.465 e. The van der Waals surface area contributed by atoms with Gasteiger partial charge in [-0.2, -0.15) is 17.0 Å². The van der Waals surface area contributed by atoms with Crippen LogP contribution in [0.15, 0.2) is 0 Å². The van der Waals surface area contributed by atoms with Crippen molar-refractivity contribution in [3.63, 3.8) is 0 Å². The number of carbonyl (C=O) groups is 1. The molecule has 0 aliphatic carbocycles. The maximum Gasteiger partial charge on any atom is 0.324 e. The molecule has 2 fully saturated rings. The van der Waals surface area contributed by atoms with Gasteiger partial charge in [-0.15, -0.1) is 0 Å². The SMILES string of the molecule is CCOC(=O)C1CCCN1S(=O)(=O)N(C)[C@@H]1CNC[C@H]1O. The number of ether oxygens (including phenoxy) is 1. The first-order chi connectivity index (χ1) is 9.89. The van der Waals surface area contributed by atoms with E-state index in [1.807, 2.05) is 0 Å². The fraction of sp³-hybridized carbons (Fsp3) is 0.917. The van der Waals surface area contributed by atoms with E-state index in [4.69, 9.17) is 4.74 Å². The van der Waals surface area contributed by atoms with E-state index in [0.717, 1.165) is 4.31 Å². The zero-order chi connectivity index (χ0) is 15.6. The molecule has 0 spiro atoms. The highest BCUT2D eigenvalue weighted by molar-refractivity contribution is 7.86. The molecule has 8 nitrogen and oxygen atoms in total. The van der Waals surface area contributed by atoms with E-state index in [9.17, 15) is 18.3 Å². The molecule has 0 amide bonds. The number of hydrogen-bond acceptors (Lipinski definition) is 6. The van der Waals surface area contributed by atoms with Crippen molar-refractivity contribution in [1.29, 1.82) is 0 Å². The molecule has 2 saturated heterocycles. The molecule has 0 saturated carbocycles. The summed E-state index contributed by atoms with van der Waals surface area (Å²) in [5.41, 5.74) is 0. The van der Waals surface area contributed by atoms with Gasteiger partial charge in [-0.25, -0.2) is 0 Å². The molecule has 2 N–H and O–H groups in total. The molecule has 0 aromatic carbocycles. The summed E-state index contributed by atoms with van der Waals surface area (Å²) in [5.74, 6) is -0.503. The number of esters is 1. The number of nitrogens with zero attached hydrogens (tertiary/aromatic N) is 2. The van der Waals surface area contributed by atoms with Crippen LogP contribution in [0.1, 0.15) is 19.8 Å². The van der Waals surface area contributed by atoms with Crippen LogP contribution in [0.2, 0.25) is 0 Å². The summed E-state index contributed by atoms with van der Waals surface area (Å²) < 4.78 is 32.7. The normalized spacial score (nSPS) is 31.0. The molecule has 2 aliphatic heterocycles. The monoisotopic (exact) mass is 321 g/mol. The zero-order valence-electron chi connectivity index (χ0n) is 12.4. The molecule has 9 heteroatoms. The molecule has 0 aromatic rings. The van der Waals surface area contributed by atoms with E-state index in [1.165, 1.54) is 11.4 Å². The van der Waals surface area contributed by atoms with Gasteiger partial charge in [-0.1, -0.05) is 0 Å². The second kappa shape index (κ2) is 6.57. The van der Waals surface area contributed by atoms with E-state index >= 15 is 0 Å². The highest BCUT2D eigenvalue weighted by atomic mass is 32.2. The average Bonchev–Trinajstić information content (AvgIpc) is 3.06. The smallest absolute Gasteiger partial charge is 0.324 e. The van der Waals surface area contributed by atoms with E-state index in [2.05, 4.69) is 5.32 Å². The molecule has 21 heavy (non-hydrogen) atoms. The summed E-state index contributed by atoms with van der Waals surface area (Å²) in [6.07, 6.45) is 0.354. The Kier molecular flexibility index (Phi) is 5.20. The lowest BCUT2D eigenvalue weighted by Crippen LogP contribution is -2.53. The standard InChI is InChI=1S/C12H23N3O5S/c1-3-20-12(17)9-5-4-6-15(9)21(18,19)14(2)10-7-13-8-11(10)16/h9-11,13,16H,3-8H2,1-2H3/t9?,10-,11-/m1/s1. The van der Waals surface area contributed by atoms with Crippen molar-refractivity contribution >= 4 is 16.2 Å². The number of nitrogens with one attached hydrogen (secondary N) is 1. The van der Waals surface area contributed by atoms with Crippen LogP contribution in [-0.2, 0) is 19.7 Å². The van der Waals surface area contributed by atoms with Crippen molar-refractivity contribution in [2.45, 2.75) is 38.0 Å². The van der Waals surface area contributed by atoms with Crippen molar-refractivity contribution in [3.8, 4) is 0 Å². The van der Waals surface area contributed by atoms with Crippen molar-refractivity contribution < 1.29 is 23.1 Å². The van der Waals surface area contributed by atoms with Crippen LogP contribution in [-0.4, -0.2) is 79.6 Å². The van der Waals surface area contributed by atoms with Gasteiger partial charge >= 0.3 is 5.97 Å². The Morgan fingerprint density at radius 2 is 2.19 bits per heavy atom. The van der Waals surface area contributed by atoms with Gasteiger partial charge in [-0.3, -0.25) is 4.79 Å². The van der Waals surface area contributed by atoms with Crippen LogP contribution in [0.3, 0.4) is 0 Å². The zero-order valence-corrected chi connectivity index (χ0v) is 13.2. The molecule has 2 rings (SSSR count). The second-order valence-electron chi connectivity index (χ2n) is 5.34. The van der Waals surface area contributed by atoms with Crippen molar-refractivity contribution in [2.24, 2.45) is 0 Å². The molecule has 0 radical (unpaired) electrons. The third-order valence-electron chi connectivity index (χ3n) is 4.04. The molecule has 2 aliphatic rings. The molecular weight excluding hydrogens is 298 g/mol. The molecule has 3 atom stereocenters. The summed E-state index contributed by atoms with van der Waals surface area (Å²) in [6, 6.07) is -1.28. The Hall–Kier alpha value is -0.740. The number of likely N-dealkylation sites (N-methyl/N-ethyl adjacent to an activating group) is 1. The average molecular weight is 321 g/mol. The number of hydrogen-bond donors (Lipinski definition) is 2. The van der Waals surface area contributed by atoms with Crippen molar-refractivity contribution in [2.75, 3.05) is 33.3 Å². The Balaban J connectivity index is 2.15. The van der Waals surface area contributed by atoms with Crippen LogP contribution in [0.25, 0.3) is 0 Å². The number of carbonyl (C=O) groups excluding carboxylic acids is 1.